The fourth-order valence-electron chi connectivity index (χ4n) is 4.03. The average Bonchev–Trinajstić information content (AvgIpc) is 3.54. The van der Waals surface area contributed by atoms with E-state index in [1.807, 2.05) is 43.4 Å². The molecule has 2 aliphatic rings. The monoisotopic (exact) mass is 487 g/mol. The molecule has 5 nitrogen and oxygen atoms in total. The van der Waals surface area contributed by atoms with Crippen LogP contribution in [0.1, 0.15) is 24.4 Å². The highest BCUT2D eigenvalue weighted by atomic mass is 35.5. The van der Waals surface area contributed by atoms with E-state index < -0.39 is 10.0 Å². The van der Waals surface area contributed by atoms with Crippen LogP contribution in [0.2, 0.25) is 15.1 Å². The van der Waals surface area contributed by atoms with Gasteiger partial charge in [0.05, 0.1) is 22.0 Å². The number of rotatable bonds is 6. The van der Waals surface area contributed by atoms with E-state index in [0.717, 1.165) is 37.2 Å². The molecule has 0 unspecified atom stereocenters. The lowest BCUT2D eigenvalue weighted by atomic mass is 9.93. The molecule has 1 heterocycles. The van der Waals surface area contributed by atoms with Gasteiger partial charge in [-0.15, -0.1) is 0 Å². The Morgan fingerprint density at radius 3 is 2.30 bits per heavy atom. The zero-order valence-electron chi connectivity index (χ0n) is 16.6. The van der Waals surface area contributed by atoms with Crippen LogP contribution in [0.25, 0.3) is 0 Å². The van der Waals surface area contributed by atoms with Gasteiger partial charge in [0.1, 0.15) is 0 Å². The molecule has 0 aromatic heterocycles. The Balaban J connectivity index is 1.70. The largest absolute Gasteiger partial charge is 0.360 e. The zero-order valence-corrected chi connectivity index (χ0v) is 19.6. The van der Waals surface area contributed by atoms with E-state index in [2.05, 4.69) is 14.5 Å². The van der Waals surface area contributed by atoms with Crippen LogP contribution in [0.5, 0.6) is 0 Å². The molecule has 0 bridgehead atoms. The maximum Gasteiger partial charge on any atom is 0.214 e. The second kappa shape index (κ2) is 8.85. The molecule has 9 heteroatoms. The van der Waals surface area contributed by atoms with E-state index in [1.165, 1.54) is 0 Å². The average molecular weight is 489 g/mol. The third-order valence-electron chi connectivity index (χ3n) is 5.85. The predicted molar refractivity (Wildman–Crippen MR) is 124 cm³/mol. The summed E-state index contributed by atoms with van der Waals surface area (Å²) in [6.45, 7) is 1.85. The first-order chi connectivity index (χ1) is 14.3. The summed E-state index contributed by atoms with van der Waals surface area (Å²) in [6, 6.07) is 13.0. The van der Waals surface area contributed by atoms with Gasteiger partial charge in [-0.2, -0.15) is 0 Å². The fraction of sp³-hybridized carbons (Fsp3) is 0.429. The Morgan fingerprint density at radius 1 is 1.00 bits per heavy atom. The van der Waals surface area contributed by atoms with Crippen LogP contribution in [0.3, 0.4) is 0 Å². The van der Waals surface area contributed by atoms with Crippen LogP contribution in [0.4, 0.5) is 5.69 Å². The van der Waals surface area contributed by atoms with Crippen LogP contribution in [-0.4, -0.2) is 51.3 Å². The second-order valence-electron chi connectivity index (χ2n) is 7.93. The van der Waals surface area contributed by atoms with Gasteiger partial charge in [0, 0.05) is 35.7 Å². The number of piperazine rings is 1. The first kappa shape index (κ1) is 22.2. The number of benzene rings is 2. The van der Waals surface area contributed by atoms with E-state index in [-0.39, 0.29) is 17.3 Å². The van der Waals surface area contributed by atoms with Crippen molar-refractivity contribution in [2.24, 2.45) is 0 Å². The molecular formula is C21H24Cl3N3O2S. The van der Waals surface area contributed by atoms with Crippen molar-refractivity contribution in [1.29, 1.82) is 0 Å². The standard InChI is InChI=1S/C21H24Cl3N3O2S/c1-26-10-11-27(19-9-6-16(23)12-18(19)24)21(14-2-4-15(22)5-3-14)20(26)13-25-30(28,29)17-7-8-17/h2-6,9,12,17,20-21,25H,7-8,10-11,13H2,1H3/t20-,21+/m1/s1. The molecule has 2 fully saturated rings. The minimum Gasteiger partial charge on any atom is -0.360 e. The van der Waals surface area contributed by atoms with Gasteiger partial charge in [-0.05, 0) is 55.8 Å². The first-order valence-corrected chi connectivity index (χ1v) is 12.6. The van der Waals surface area contributed by atoms with Crippen LogP contribution in [0.15, 0.2) is 42.5 Å². The summed E-state index contributed by atoms with van der Waals surface area (Å²) >= 11 is 18.8. The molecule has 1 aliphatic carbocycles. The van der Waals surface area contributed by atoms with Crippen molar-refractivity contribution in [3.8, 4) is 0 Å². The van der Waals surface area contributed by atoms with Gasteiger partial charge in [-0.25, -0.2) is 13.1 Å². The normalized spacial score (nSPS) is 23.0. The molecule has 1 aliphatic heterocycles. The molecule has 30 heavy (non-hydrogen) atoms. The maximum atomic E-state index is 12.5. The Hall–Kier alpha value is -1.02. The third kappa shape index (κ3) is 4.74. The zero-order chi connectivity index (χ0) is 21.5. The van der Waals surface area contributed by atoms with Crippen molar-refractivity contribution in [2.75, 3.05) is 31.6 Å². The lowest BCUT2D eigenvalue weighted by Gasteiger charge is -2.48. The van der Waals surface area contributed by atoms with Crippen LogP contribution in [-0.2, 0) is 10.0 Å². The Labute approximate surface area is 193 Å². The van der Waals surface area contributed by atoms with Gasteiger partial charge in [-0.1, -0.05) is 46.9 Å². The molecular weight excluding hydrogens is 465 g/mol. The lowest BCUT2D eigenvalue weighted by Crippen LogP contribution is -2.57. The highest BCUT2D eigenvalue weighted by Crippen LogP contribution is 2.39. The van der Waals surface area contributed by atoms with Gasteiger partial charge in [0.15, 0.2) is 0 Å². The molecule has 1 saturated carbocycles. The van der Waals surface area contributed by atoms with Crippen LogP contribution < -0.4 is 9.62 Å². The Kier molecular flexibility index (Phi) is 6.54. The number of hydrogen-bond donors (Lipinski definition) is 1. The molecule has 0 spiro atoms. The molecule has 2 aromatic rings. The number of hydrogen-bond acceptors (Lipinski definition) is 4. The van der Waals surface area contributed by atoms with Crippen molar-refractivity contribution in [3.05, 3.63) is 63.1 Å². The summed E-state index contributed by atoms with van der Waals surface area (Å²) in [5, 5.41) is 1.56. The molecule has 0 amide bonds. The molecule has 2 aromatic carbocycles. The van der Waals surface area contributed by atoms with Crippen LogP contribution >= 0.6 is 34.8 Å². The maximum absolute atomic E-state index is 12.5. The van der Waals surface area contributed by atoms with Crippen molar-refractivity contribution in [2.45, 2.75) is 30.2 Å². The quantitative estimate of drug-likeness (QED) is 0.646. The van der Waals surface area contributed by atoms with Gasteiger partial charge in [0.2, 0.25) is 10.0 Å². The number of nitrogens with one attached hydrogen (secondary N) is 1. The highest BCUT2D eigenvalue weighted by molar-refractivity contribution is 7.90. The second-order valence-corrected chi connectivity index (χ2v) is 11.3. The molecule has 4 rings (SSSR count). The molecule has 1 saturated heterocycles. The molecule has 2 atom stereocenters. The van der Waals surface area contributed by atoms with Crippen molar-refractivity contribution < 1.29 is 8.42 Å². The summed E-state index contributed by atoms with van der Waals surface area (Å²) in [7, 11) is -1.25. The topological polar surface area (TPSA) is 52.6 Å². The number of nitrogens with zero attached hydrogens (tertiary/aromatic N) is 2. The van der Waals surface area contributed by atoms with E-state index in [4.69, 9.17) is 34.8 Å². The number of likely N-dealkylation sites (N-methyl/N-ethyl adjacent to an activating group) is 1. The molecule has 0 radical (unpaired) electrons. The minimum atomic E-state index is -3.28. The summed E-state index contributed by atoms with van der Waals surface area (Å²) in [5.74, 6) is 0. The minimum absolute atomic E-state index is 0.0832. The van der Waals surface area contributed by atoms with E-state index in [1.54, 1.807) is 6.07 Å². The van der Waals surface area contributed by atoms with Gasteiger partial charge < -0.3 is 4.90 Å². The predicted octanol–water partition coefficient (Wildman–Crippen LogP) is 4.59. The SMILES string of the molecule is CN1CCN(c2ccc(Cl)cc2Cl)[C@@H](c2ccc(Cl)cc2)[C@H]1CNS(=O)(=O)C1CC1. The Bertz CT molecular complexity index is 1010. The van der Waals surface area contributed by atoms with Gasteiger partial charge in [0.25, 0.3) is 0 Å². The van der Waals surface area contributed by atoms with Crippen LogP contribution in [0, 0.1) is 0 Å². The molecule has 1 N–H and O–H groups in total. The van der Waals surface area contributed by atoms with E-state index >= 15 is 0 Å². The number of halogens is 3. The number of sulfonamides is 1. The van der Waals surface area contributed by atoms with E-state index in [0.29, 0.717) is 21.6 Å². The Morgan fingerprint density at radius 2 is 1.67 bits per heavy atom. The van der Waals surface area contributed by atoms with Crippen molar-refractivity contribution >= 4 is 50.5 Å². The van der Waals surface area contributed by atoms with Gasteiger partial charge in [-0.3, -0.25) is 4.90 Å². The summed E-state index contributed by atoms with van der Waals surface area (Å²) in [5.41, 5.74) is 1.93. The lowest BCUT2D eigenvalue weighted by molar-refractivity contribution is 0.176. The number of anilines is 1. The molecule has 162 valence electrons. The van der Waals surface area contributed by atoms with Gasteiger partial charge >= 0.3 is 0 Å². The summed E-state index contributed by atoms with van der Waals surface area (Å²) in [4.78, 5) is 4.44. The highest BCUT2D eigenvalue weighted by Gasteiger charge is 2.40. The third-order valence-corrected chi connectivity index (χ3v) is 8.56. The smallest absolute Gasteiger partial charge is 0.214 e. The van der Waals surface area contributed by atoms with E-state index in [9.17, 15) is 8.42 Å². The summed E-state index contributed by atoms with van der Waals surface area (Å²) < 4.78 is 27.8. The fourth-order valence-corrected chi connectivity index (χ4v) is 6.07. The summed E-state index contributed by atoms with van der Waals surface area (Å²) in [6.07, 6.45) is 1.48. The van der Waals surface area contributed by atoms with Crippen molar-refractivity contribution in [1.82, 2.24) is 9.62 Å². The van der Waals surface area contributed by atoms with Crippen molar-refractivity contribution in [3.63, 3.8) is 0 Å². The first-order valence-electron chi connectivity index (χ1n) is 9.92.